The number of carbonyl (C=O) groups excluding carboxylic acids is 1. The summed E-state index contributed by atoms with van der Waals surface area (Å²) in [6.45, 7) is 1.71. The molecule has 0 saturated heterocycles. The van der Waals surface area contributed by atoms with Crippen molar-refractivity contribution in [1.29, 1.82) is 0 Å². The van der Waals surface area contributed by atoms with E-state index in [1.165, 1.54) is 10.9 Å². The summed E-state index contributed by atoms with van der Waals surface area (Å²) in [5.74, 6) is -0.843. The van der Waals surface area contributed by atoms with Crippen LogP contribution in [0.4, 0.5) is 0 Å². The fourth-order valence-corrected chi connectivity index (χ4v) is 2.36. The fourth-order valence-electron chi connectivity index (χ4n) is 1.29. The van der Waals surface area contributed by atoms with Crippen LogP contribution < -0.4 is 10.5 Å². The van der Waals surface area contributed by atoms with E-state index in [0.717, 1.165) is 0 Å². The van der Waals surface area contributed by atoms with Gasteiger partial charge in [0.05, 0.1) is 11.9 Å². The lowest BCUT2D eigenvalue weighted by molar-refractivity contribution is -0.120. The largest absolute Gasteiger partial charge is 0.316 e. The molecular formula is C9H16N4O3S. The van der Waals surface area contributed by atoms with Crippen LogP contribution in [0.3, 0.4) is 0 Å². The van der Waals surface area contributed by atoms with Crippen molar-refractivity contribution >= 4 is 15.9 Å². The highest BCUT2D eigenvalue weighted by Gasteiger charge is 2.21. The minimum atomic E-state index is -3.58. The molecule has 7 nitrogen and oxygen atoms in total. The monoisotopic (exact) mass is 260 g/mol. The topological polar surface area (TPSA) is 107 Å². The van der Waals surface area contributed by atoms with E-state index in [2.05, 4.69) is 5.10 Å². The van der Waals surface area contributed by atoms with Gasteiger partial charge in [-0.15, -0.1) is 0 Å². The minimum Gasteiger partial charge on any atom is -0.316 e. The second-order valence-electron chi connectivity index (χ2n) is 3.71. The maximum atomic E-state index is 11.6. The number of sulfonamides is 1. The molecule has 1 heterocycles. The molecule has 96 valence electrons. The molecule has 1 aromatic heterocycles. The van der Waals surface area contributed by atoms with Gasteiger partial charge in [0.2, 0.25) is 10.0 Å². The van der Waals surface area contributed by atoms with Gasteiger partial charge in [0, 0.05) is 18.8 Å². The predicted octanol–water partition coefficient (Wildman–Crippen LogP) is -0.724. The molecule has 0 aliphatic rings. The SMILES string of the molecule is CCCS(=O)(=O)NC(=O)C(N)c1cnn(C)c1. The molecule has 0 aliphatic carbocycles. The van der Waals surface area contributed by atoms with Crippen molar-refractivity contribution in [2.45, 2.75) is 19.4 Å². The highest BCUT2D eigenvalue weighted by atomic mass is 32.2. The van der Waals surface area contributed by atoms with Crippen LogP contribution >= 0.6 is 0 Å². The Bertz CT molecular complexity index is 494. The lowest BCUT2D eigenvalue weighted by Gasteiger charge is -2.10. The van der Waals surface area contributed by atoms with Crippen LogP contribution in [-0.4, -0.2) is 29.9 Å². The van der Waals surface area contributed by atoms with Gasteiger partial charge in [0.15, 0.2) is 0 Å². The first kappa shape index (κ1) is 13.7. The molecule has 0 bridgehead atoms. The fraction of sp³-hybridized carbons (Fsp3) is 0.556. The van der Waals surface area contributed by atoms with Crippen molar-refractivity contribution in [2.24, 2.45) is 12.8 Å². The van der Waals surface area contributed by atoms with E-state index >= 15 is 0 Å². The third-order valence-electron chi connectivity index (χ3n) is 2.10. The Morgan fingerprint density at radius 3 is 2.76 bits per heavy atom. The van der Waals surface area contributed by atoms with E-state index in [1.807, 2.05) is 4.72 Å². The first-order valence-corrected chi connectivity index (χ1v) is 6.79. The highest BCUT2D eigenvalue weighted by molar-refractivity contribution is 7.90. The highest BCUT2D eigenvalue weighted by Crippen LogP contribution is 2.08. The van der Waals surface area contributed by atoms with Crippen molar-refractivity contribution in [2.75, 3.05) is 5.75 Å². The van der Waals surface area contributed by atoms with E-state index in [1.54, 1.807) is 20.2 Å². The first-order chi connectivity index (χ1) is 7.85. The van der Waals surface area contributed by atoms with Gasteiger partial charge in [0.25, 0.3) is 5.91 Å². The minimum absolute atomic E-state index is 0.0987. The average Bonchev–Trinajstić information content (AvgIpc) is 2.62. The summed E-state index contributed by atoms with van der Waals surface area (Å²) >= 11 is 0. The van der Waals surface area contributed by atoms with Gasteiger partial charge in [-0.2, -0.15) is 5.10 Å². The van der Waals surface area contributed by atoms with Crippen molar-refractivity contribution in [1.82, 2.24) is 14.5 Å². The number of aryl methyl sites for hydroxylation is 1. The maximum absolute atomic E-state index is 11.6. The van der Waals surface area contributed by atoms with Crippen LogP contribution in [0.2, 0.25) is 0 Å². The number of amides is 1. The Kier molecular flexibility index (Phi) is 4.24. The van der Waals surface area contributed by atoms with E-state index in [9.17, 15) is 13.2 Å². The molecular weight excluding hydrogens is 244 g/mol. The van der Waals surface area contributed by atoms with Crippen LogP contribution in [0, 0.1) is 0 Å². The molecule has 0 saturated carbocycles. The third-order valence-corrected chi connectivity index (χ3v) is 3.55. The Balaban J connectivity index is 2.71. The summed E-state index contributed by atoms with van der Waals surface area (Å²) in [5.41, 5.74) is 6.09. The lowest BCUT2D eigenvalue weighted by Crippen LogP contribution is -2.39. The number of nitrogens with two attached hydrogens (primary N) is 1. The van der Waals surface area contributed by atoms with Gasteiger partial charge in [-0.05, 0) is 6.42 Å². The Labute approximate surface area is 100 Å². The first-order valence-electron chi connectivity index (χ1n) is 5.14. The second-order valence-corrected chi connectivity index (χ2v) is 5.55. The molecule has 1 unspecified atom stereocenters. The molecule has 0 aliphatic heterocycles. The molecule has 0 radical (unpaired) electrons. The van der Waals surface area contributed by atoms with Gasteiger partial charge in [-0.1, -0.05) is 6.92 Å². The average molecular weight is 260 g/mol. The van der Waals surface area contributed by atoms with Gasteiger partial charge >= 0.3 is 0 Å². The van der Waals surface area contributed by atoms with Crippen molar-refractivity contribution in [3.05, 3.63) is 18.0 Å². The molecule has 1 atom stereocenters. The molecule has 3 N–H and O–H groups in total. The van der Waals surface area contributed by atoms with Crippen molar-refractivity contribution in [3.63, 3.8) is 0 Å². The van der Waals surface area contributed by atoms with Gasteiger partial charge in [0.1, 0.15) is 6.04 Å². The Hall–Kier alpha value is -1.41. The zero-order valence-corrected chi connectivity index (χ0v) is 10.6. The number of rotatable bonds is 5. The summed E-state index contributed by atoms with van der Waals surface area (Å²) in [6, 6.07) is -1.03. The molecule has 1 rings (SSSR count). The molecule has 17 heavy (non-hydrogen) atoms. The van der Waals surface area contributed by atoms with Crippen molar-refractivity contribution in [3.8, 4) is 0 Å². The maximum Gasteiger partial charge on any atom is 0.255 e. The van der Waals surface area contributed by atoms with Crippen LogP contribution in [0.15, 0.2) is 12.4 Å². The Morgan fingerprint density at radius 1 is 1.65 bits per heavy atom. The standard InChI is InChI=1S/C9H16N4O3S/c1-3-4-17(15,16)12-9(14)8(10)7-5-11-13(2)6-7/h5-6,8H,3-4,10H2,1-2H3,(H,12,14). The quantitative estimate of drug-likeness (QED) is 0.726. The number of carbonyl (C=O) groups is 1. The number of hydrogen-bond donors (Lipinski definition) is 2. The zero-order chi connectivity index (χ0) is 13.1. The number of nitrogens with zero attached hydrogens (tertiary/aromatic N) is 2. The summed E-state index contributed by atoms with van der Waals surface area (Å²) in [5, 5.41) is 3.86. The number of aromatic nitrogens is 2. The van der Waals surface area contributed by atoms with E-state index < -0.39 is 22.0 Å². The molecule has 1 aromatic rings. The summed E-state index contributed by atoms with van der Waals surface area (Å²) in [6.07, 6.45) is 3.43. The van der Waals surface area contributed by atoms with Crippen molar-refractivity contribution < 1.29 is 13.2 Å². The normalized spacial score (nSPS) is 13.4. The molecule has 0 spiro atoms. The zero-order valence-electron chi connectivity index (χ0n) is 9.75. The third kappa shape index (κ3) is 3.82. The van der Waals surface area contributed by atoms with Crippen LogP contribution in [0.25, 0.3) is 0 Å². The summed E-state index contributed by atoms with van der Waals surface area (Å²) in [4.78, 5) is 11.6. The van der Waals surface area contributed by atoms with Crippen LogP contribution in [-0.2, 0) is 21.9 Å². The predicted molar refractivity (Wildman–Crippen MR) is 62.4 cm³/mol. The van der Waals surface area contributed by atoms with Crippen LogP contribution in [0.1, 0.15) is 24.9 Å². The summed E-state index contributed by atoms with van der Waals surface area (Å²) in [7, 11) is -1.90. The second kappa shape index (κ2) is 5.28. The molecule has 0 fully saturated rings. The number of nitrogens with one attached hydrogen (secondary N) is 1. The van der Waals surface area contributed by atoms with Gasteiger partial charge < -0.3 is 5.73 Å². The van der Waals surface area contributed by atoms with Gasteiger partial charge in [-0.3, -0.25) is 14.2 Å². The molecule has 1 amide bonds. The van der Waals surface area contributed by atoms with Crippen LogP contribution in [0.5, 0.6) is 0 Å². The number of hydrogen-bond acceptors (Lipinski definition) is 5. The van der Waals surface area contributed by atoms with E-state index in [0.29, 0.717) is 12.0 Å². The Morgan fingerprint density at radius 2 is 2.29 bits per heavy atom. The lowest BCUT2D eigenvalue weighted by atomic mass is 10.2. The summed E-state index contributed by atoms with van der Waals surface area (Å²) < 4.78 is 26.2. The smallest absolute Gasteiger partial charge is 0.255 e. The molecule has 0 aromatic carbocycles. The van der Waals surface area contributed by atoms with Gasteiger partial charge in [-0.25, -0.2) is 8.42 Å². The van der Waals surface area contributed by atoms with E-state index in [4.69, 9.17) is 5.73 Å². The van der Waals surface area contributed by atoms with E-state index in [-0.39, 0.29) is 5.75 Å². The molecule has 8 heteroatoms.